The van der Waals surface area contributed by atoms with E-state index in [2.05, 4.69) is 10.6 Å². The number of carbonyl (C=O) groups is 1. The van der Waals surface area contributed by atoms with Crippen molar-refractivity contribution in [1.82, 2.24) is 10.6 Å². The average Bonchev–Trinajstić information content (AvgIpc) is 3.19. The molecular formula is C37H66N2O14. The van der Waals surface area contributed by atoms with Gasteiger partial charge in [-0.2, -0.15) is 0 Å². The Morgan fingerprint density at radius 1 is 0.491 bits per heavy atom. The molecule has 16 nitrogen and oxygen atoms in total. The molecule has 0 unspecified atom stereocenters. The normalized spacial score (nSPS) is 13.4. The van der Waals surface area contributed by atoms with Crippen molar-refractivity contribution in [2.45, 2.75) is 25.6 Å². The number of ether oxygens (including phenoxy) is 13. The first kappa shape index (κ1) is 47.1. The summed E-state index contributed by atoms with van der Waals surface area (Å²) >= 11 is 0. The molecule has 2 rings (SSSR count). The topological polar surface area (TPSA) is 161 Å². The number of benzene rings is 1. The maximum Gasteiger partial charge on any atom is 0.407 e. The lowest BCUT2D eigenvalue weighted by Gasteiger charge is -2.22. The van der Waals surface area contributed by atoms with Crippen molar-refractivity contribution in [1.29, 1.82) is 0 Å². The van der Waals surface area contributed by atoms with E-state index >= 15 is 0 Å². The van der Waals surface area contributed by atoms with Gasteiger partial charge in [0.2, 0.25) is 0 Å². The first-order valence-corrected chi connectivity index (χ1v) is 19.0. The van der Waals surface area contributed by atoms with Crippen LogP contribution in [0, 0.1) is 0 Å². The molecule has 1 heterocycles. The molecule has 0 radical (unpaired) electrons. The summed E-state index contributed by atoms with van der Waals surface area (Å²) in [7, 11) is 0. The monoisotopic (exact) mass is 762 g/mol. The molecule has 0 aromatic heterocycles. The van der Waals surface area contributed by atoms with E-state index in [1.807, 2.05) is 30.3 Å². The van der Waals surface area contributed by atoms with Crippen LogP contribution in [-0.4, -0.2) is 184 Å². The van der Waals surface area contributed by atoms with E-state index in [4.69, 9.17) is 61.6 Å². The second-order valence-corrected chi connectivity index (χ2v) is 11.5. The summed E-state index contributed by atoms with van der Waals surface area (Å²) < 4.78 is 71.3. The second kappa shape index (κ2) is 38.3. The number of rotatable bonds is 39. The predicted molar refractivity (Wildman–Crippen MR) is 195 cm³/mol. The third kappa shape index (κ3) is 33.1. The van der Waals surface area contributed by atoms with Gasteiger partial charge in [0.25, 0.3) is 0 Å². The molecule has 1 amide bonds. The second-order valence-electron chi connectivity index (χ2n) is 11.5. The van der Waals surface area contributed by atoms with Crippen LogP contribution >= 0.6 is 0 Å². The Hall–Kier alpha value is -2.03. The SMILES string of the molecule is O=C(NCCOCCOCCOCCOCCOCCOCCOCCOCCOCCOCCOCCOC1CCNCC1)OCc1ccccc1. The molecule has 2 N–H and O–H groups in total. The number of nitrogens with one attached hydrogen (secondary N) is 2. The molecule has 0 bridgehead atoms. The fourth-order valence-corrected chi connectivity index (χ4v) is 4.54. The largest absolute Gasteiger partial charge is 0.445 e. The van der Waals surface area contributed by atoms with Crippen molar-refractivity contribution in [3.05, 3.63) is 35.9 Å². The van der Waals surface area contributed by atoms with Crippen LogP contribution in [0.4, 0.5) is 4.79 Å². The van der Waals surface area contributed by atoms with E-state index < -0.39 is 6.09 Å². The minimum absolute atomic E-state index is 0.237. The van der Waals surface area contributed by atoms with Gasteiger partial charge in [-0.25, -0.2) is 4.79 Å². The Labute approximate surface area is 315 Å². The van der Waals surface area contributed by atoms with Gasteiger partial charge in [0.05, 0.1) is 158 Å². The van der Waals surface area contributed by atoms with Crippen LogP contribution in [0.25, 0.3) is 0 Å². The number of hydrogen-bond donors (Lipinski definition) is 2. The van der Waals surface area contributed by atoms with Crippen LogP contribution < -0.4 is 10.6 Å². The first-order chi connectivity index (χ1) is 26.3. The van der Waals surface area contributed by atoms with Crippen LogP contribution in [0.3, 0.4) is 0 Å². The van der Waals surface area contributed by atoms with Gasteiger partial charge in [0.1, 0.15) is 6.61 Å². The van der Waals surface area contributed by atoms with Gasteiger partial charge in [0, 0.05) is 6.54 Å². The van der Waals surface area contributed by atoms with Crippen LogP contribution in [-0.2, 0) is 68.2 Å². The zero-order valence-electron chi connectivity index (χ0n) is 31.7. The zero-order valence-corrected chi connectivity index (χ0v) is 31.7. The van der Waals surface area contributed by atoms with E-state index in [0.717, 1.165) is 31.5 Å². The molecule has 1 saturated heterocycles. The molecule has 53 heavy (non-hydrogen) atoms. The maximum absolute atomic E-state index is 11.7. The molecule has 1 fully saturated rings. The lowest BCUT2D eigenvalue weighted by Crippen LogP contribution is -2.33. The Morgan fingerprint density at radius 3 is 1.21 bits per heavy atom. The Morgan fingerprint density at radius 2 is 0.830 bits per heavy atom. The summed E-state index contributed by atoms with van der Waals surface area (Å²) in [5, 5.41) is 5.97. The summed E-state index contributed by atoms with van der Waals surface area (Å²) in [6, 6.07) is 9.51. The molecule has 1 aliphatic rings. The van der Waals surface area contributed by atoms with Crippen molar-refractivity contribution < 1.29 is 66.4 Å². The van der Waals surface area contributed by atoms with E-state index in [0.29, 0.717) is 165 Å². The number of alkyl carbamates (subject to hydrolysis) is 1. The minimum Gasteiger partial charge on any atom is -0.445 e. The smallest absolute Gasteiger partial charge is 0.407 e. The lowest BCUT2D eigenvalue weighted by atomic mass is 10.1. The highest BCUT2D eigenvalue weighted by Crippen LogP contribution is 2.06. The van der Waals surface area contributed by atoms with Gasteiger partial charge in [0.15, 0.2) is 0 Å². The molecular weight excluding hydrogens is 696 g/mol. The summed E-state index contributed by atoms with van der Waals surface area (Å²) in [4.78, 5) is 11.7. The summed E-state index contributed by atoms with van der Waals surface area (Å²) in [5.41, 5.74) is 0.938. The van der Waals surface area contributed by atoms with Gasteiger partial charge in [-0.1, -0.05) is 30.3 Å². The zero-order chi connectivity index (χ0) is 37.4. The van der Waals surface area contributed by atoms with E-state index in [1.165, 1.54) is 0 Å². The highest BCUT2D eigenvalue weighted by molar-refractivity contribution is 5.67. The standard InChI is InChI=1S/C37H66N2O14/c40-37(53-34-35-4-2-1-3-5-35)39-10-11-41-12-13-42-14-15-43-16-17-44-18-19-45-20-21-46-22-23-47-24-25-48-26-27-49-28-29-50-30-31-51-32-33-52-36-6-8-38-9-7-36/h1-5,36,38H,6-34H2,(H,39,40). The van der Waals surface area contributed by atoms with E-state index in [-0.39, 0.29) is 6.61 Å². The molecule has 0 saturated carbocycles. The fourth-order valence-electron chi connectivity index (χ4n) is 4.54. The van der Waals surface area contributed by atoms with Crippen LogP contribution in [0.15, 0.2) is 30.3 Å². The predicted octanol–water partition coefficient (Wildman–Crippen LogP) is 1.86. The molecule has 16 heteroatoms. The van der Waals surface area contributed by atoms with Crippen molar-refractivity contribution in [2.75, 3.05) is 172 Å². The van der Waals surface area contributed by atoms with E-state index in [9.17, 15) is 4.79 Å². The molecule has 1 aliphatic heterocycles. The van der Waals surface area contributed by atoms with E-state index in [1.54, 1.807) is 0 Å². The minimum atomic E-state index is -0.469. The molecule has 1 aromatic rings. The Balaban J connectivity index is 1.13. The first-order valence-electron chi connectivity index (χ1n) is 19.0. The summed E-state index contributed by atoms with van der Waals surface area (Å²) in [6.07, 6.45) is 2.05. The molecule has 0 spiro atoms. The van der Waals surface area contributed by atoms with Crippen molar-refractivity contribution in [3.63, 3.8) is 0 Å². The van der Waals surface area contributed by atoms with Crippen LogP contribution in [0.2, 0.25) is 0 Å². The van der Waals surface area contributed by atoms with Crippen LogP contribution in [0.1, 0.15) is 18.4 Å². The summed E-state index contributed by atoms with van der Waals surface area (Å²) in [5.74, 6) is 0. The number of piperidine rings is 1. The van der Waals surface area contributed by atoms with Gasteiger partial charge < -0.3 is 72.2 Å². The van der Waals surface area contributed by atoms with Gasteiger partial charge >= 0.3 is 6.09 Å². The molecule has 0 atom stereocenters. The quantitative estimate of drug-likeness (QED) is 0.0936. The number of hydrogen-bond acceptors (Lipinski definition) is 15. The molecule has 0 aliphatic carbocycles. The third-order valence-electron chi connectivity index (χ3n) is 7.32. The van der Waals surface area contributed by atoms with Crippen LogP contribution in [0.5, 0.6) is 0 Å². The van der Waals surface area contributed by atoms with Gasteiger partial charge in [-0.3, -0.25) is 0 Å². The maximum atomic E-state index is 11.7. The fraction of sp³-hybridized carbons (Fsp3) is 0.811. The highest BCUT2D eigenvalue weighted by Gasteiger charge is 2.12. The average molecular weight is 763 g/mol. The summed E-state index contributed by atoms with van der Waals surface area (Å²) in [6.45, 7) is 14.3. The van der Waals surface area contributed by atoms with Gasteiger partial charge in [-0.05, 0) is 31.5 Å². The van der Waals surface area contributed by atoms with Gasteiger partial charge in [-0.15, -0.1) is 0 Å². The third-order valence-corrected chi connectivity index (χ3v) is 7.32. The number of amides is 1. The highest BCUT2D eigenvalue weighted by atomic mass is 16.6. The number of carbonyl (C=O) groups excluding carboxylic acids is 1. The van der Waals surface area contributed by atoms with Crippen molar-refractivity contribution in [3.8, 4) is 0 Å². The Bertz CT molecular complexity index is 902. The molecule has 308 valence electrons. The van der Waals surface area contributed by atoms with Crippen molar-refractivity contribution >= 4 is 6.09 Å². The molecule has 1 aromatic carbocycles. The Kier molecular flexibility index (Phi) is 34.0. The lowest BCUT2D eigenvalue weighted by molar-refractivity contribution is -0.0326. The van der Waals surface area contributed by atoms with Crippen molar-refractivity contribution in [2.24, 2.45) is 0 Å².